The summed E-state index contributed by atoms with van der Waals surface area (Å²) >= 11 is 22.2. The summed E-state index contributed by atoms with van der Waals surface area (Å²) in [6.07, 6.45) is 18.7. The number of thioether (sulfide) groups is 12. The second-order valence-electron chi connectivity index (χ2n) is 32.7. The molecule has 6 saturated heterocycles. The summed E-state index contributed by atoms with van der Waals surface area (Å²) in [6.45, 7) is 26.3. The molecule has 6 saturated carbocycles. The summed E-state index contributed by atoms with van der Waals surface area (Å²) in [6, 6.07) is 0. The van der Waals surface area contributed by atoms with E-state index in [4.69, 9.17) is 28.4 Å². The van der Waals surface area contributed by atoms with Crippen LogP contribution in [0.15, 0.2) is 0 Å². The zero-order valence-electron chi connectivity index (χ0n) is 67.3. The van der Waals surface area contributed by atoms with Gasteiger partial charge >= 0.3 is 48.2 Å². The van der Waals surface area contributed by atoms with Crippen LogP contribution in [-0.2, 0) is 57.2 Å². The SMILES string of the molecule is CCC(C)(C(=O)OC1(C)CSCCCS1)C(F)(F)F.CCC(C)(C(=O)OC1CSCCCS1)C(F)(F)F.CCC(C)(C)C(=O)OC12CCCC1SC1CCCC1S2.CCC(C)(C)C(=O)OC1CSC2CCCC2S1.CCC(C)C(=O)OC12CCCC1SC1CCCC1S2.CCC(C)C(=O)OC1CSC2CCCC2S1. The molecule has 12 aliphatic rings. The van der Waals surface area contributed by atoms with Crippen molar-refractivity contribution >= 4 is 177 Å². The lowest BCUT2D eigenvalue weighted by atomic mass is 9.87. The summed E-state index contributed by atoms with van der Waals surface area (Å²) in [7, 11) is 0. The lowest BCUT2D eigenvalue weighted by Gasteiger charge is -2.44. The van der Waals surface area contributed by atoms with Gasteiger partial charge in [-0.2, -0.15) is 73.4 Å². The molecule has 0 aromatic rings. The minimum absolute atomic E-state index is 0.0106. The van der Waals surface area contributed by atoms with Crippen molar-refractivity contribution in [3.63, 3.8) is 0 Å². The van der Waals surface area contributed by atoms with Crippen molar-refractivity contribution in [1.29, 1.82) is 0 Å². The van der Waals surface area contributed by atoms with E-state index in [-0.39, 0.29) is 80.1 Å². The van der Waals surface area contributed by atoms with Gasteiger partial charge in [0.15, 0.2) is 41.9 Å². The zero-order valence-corrected chi connectivity index (χ0v) is 77.1. The van der Waals surface area contributed by atoms with Gasteiger partial charge in [0.05, 0.1) is 33.2 Å². The number of halogens is 6. The molecule has 30 heteroatoms. The van der Waals surface area contributed by atoms with Gasteiger partial charge in [0.2, 0.25) is 0 Å². The highest BCUT2D eigenvalue weighted by Gasteiger charge is 2.61. The van der Waals surface area contributed by atoms with Crippen LogP contribution in [0.1, 0.15) is 271 Å². The molecular weight excluding hydrogens is 1640 g/mol. The fraction of sp³-hybridized carbons (Fsp3) is 0.924. The molecule has 630 valence electrons. The third kappa shape index (κ3) is 26.5. The van der Waals surface area contributed by atoms with Gasteiger partial charge in [0, 0.05) is 65.0 Å². The Morgan fingerprint density at radius 2 is 0.826 bits per heavy atom. The van der Waals surface area contributed by atoms with Crippen LogP contribution in [0.5, 0.6) is 0 Å². The Labute approximate surface area is 700 Å². The number of esters is 6. The van der Waals surface area contributed by atoms with E-state index in [0.29, 0.717) is 27.3 Å². The lowest BCUT2D eigenvalue weighted by Crippen LogP contribution is -2.47. The first-order valence-electron chi connectivity index (χ1n) is 40.4. The number of carbonyl (C=O) groups is 6. The maximum absolute atomic E-state index is 13.0. The molecule has 0 aromatic carbocycles. The fourth-order valence-corrected chi connectivity index (χ4v) is 33.9. The van der Waals surface area contributed by atoms with Crippen LogP contribution in [0, 0.1) is 33.5 Å². The number of rotatable bonds is 18. The normalized spacial score (nSPS) is 34.3. The molecule has 0 bridgehead atoms. The zero-order chi connectivity index (χ0) is 80.4. The fourth-order valence-electron chi connectivity index (χ4n) is 14.2. The maximum atomic E-state index is 13.0. The Balaban J connectivity index is 0.000000182. The molecule has 0 radical (unpaired) electrons. The van der Waals surface area contributed by atoms with E-state index >= 15 is 0 Å². The van der Waals surface area contributed by atoms with Crippen LogP contribution in [0.2, 0.25) is 0 Å². The Hall–Kier alpha value is 0.600. The van der Waals surface area contributed by atoms with Crippen LogP contribution in [0.4, 0.5) is 26.3 Å². The van der Waals surface area contributed by atoms with Gasteiger partial charge in [0.1, 0.15) is 0 Å². The van der Waals surface area contributed by atoms with Crippen molar-refractivity contribution in [1.82, 2.24) is 0 Å². The van der Waals surface area contributed by atoms with Crippen molar-refractivity contribution in [2.45, 2.75) is 367 Å². The van der Waals surface area contributed by atoms with Gasteiger partial charge in [-0.1, -0.05) is 81.1 Å². The predicted molar refractivity (Wildman–Crippen MR) is 458 cm³/mol. The van der Waals surface area contributed by atoms with Crippen LogP contribution in [0.25, 0.3) is 0 Å². The second-order valence-corrected chi connectivity index (χ2v) is 49.1. The number of hydrogen-bond acceptors (Lipinski definition) is 24. The maximum Gasteiger partial charge on any atom is 0.404 e. The van der Waals surface area contributed by atoms with Gasteiger partial charge in [-0.3, -0.25) is 28.8 Å². The third-order valence-electron chi connectivity index (χ3n) is 23.7. The summed E-state index contributed by atoms with van der Waals surface area (Å²) in [5.41, 5.74) is -5.78. The summed E-state index contributed by atoms with van der Waals surface area (Å²) in [5, 5.41) is 7.24. The minimum atomic E-state index is -4.59. The number of ether oxygens (including phenoxy) is 6. The van der Waals surface area contributed by atoms with Crippen LogP contribution >= 0.6 is 141 Å². The minimum Gasteiger partial charge on any atom is -0.450 e. The molecule has 6 heterocycles. The van der Waals surface area contributed by atoms with Crippen LogP contribution < -0.4 is 0 Å². The molecular formula is C79H128F6O12S12. The topological polar surface area (TPSA) is 158 Å². The molecule has 12 nitrogen and oxygen atoms in total. The molecule has 12 rings (SSSR count). The summed E-state index contributed by atoms with van der Waals surface area (Å²) < 4.78 is 111. The molecule has 0 aromatic heterocycles. The number of alkyl halides is 6. The first-order valence-corrected chi connectivity index (χ1v) is 52.3. The van der Waals surface area contributed by atoms with Crippen molar-refractivity contribution in [3.8, 4) is 0 Å². The van der Waals surface area contributed by atoms with Crippen molar-refractivity contribution in [3.05, 3.63) is 0 Å². The van der Waals surface area contributed by atoms with Crippen molar-refractivity contribution in [2.75, 3.05) is 46.0 Å². The largest absolute Gasteiger partial charge is 0.450 e. The van der Waals surface area contributed by atoms with E-state index < -0.39 is 45.5 Å². The highest BCUT2D eigenvalue weighted by molar-refractivity contribution is 8.09. The van der Waals surface area contributed by atoms with Gasteiger partial charge in [-0.15, -0.1) is 94.1 Å². The van der Waals surface area contributed by atoms with Crippen LogP contribution in [-0.4, -0.2) is 178 Å². The quantitative estimate of drug-likeness (QED) is 0.0724. The molecule has 6 aliphatic carbocycles. The Morgan fingerprint density at radius 1 is 0.404 bits per heavy atom. The van der Waals surface area contributed by atoms with Crippen molar-refractivity contribution < 1.29 is 83.5 Å². The van der Waals surface area contributed by atoms with Gasteiger partial charge in [-0.05, 0) is 213 Å². The van der Waals surface area contributed by atoms with E-state index in [1.165, 1.54) is 140 Å². The molecule has 20 unspecified atom stereocenters. The standard InChI is InChI=1S/C16H26O2S2.C15H24O2S2.C13H22O2S2.C12H19F3O2S2.C12H20O2S2.C11H17F3O2S2/c1-4-15(2,3)14(17)18-16-10-6-9-13(16)19-11-7-5-8-12(11)20-16;1-3-10(2)14(16)17-15-9-5-8-13(15)18-11-6-4-7-12(11)19-15;1-4-13(2,3)12(14)15-11-8-16-9-6-5-7-10(9)17-11;1-4-10(2,12(13,14)15)9(16)17-11(3)8-18-6-5-7-19-11;1-3-8(2)12(13)14-11-7-15-9-5-4-6-10(9)16-11;1-3-10(2,11(12,13)14)9(15)16-8-7-17-5-4-6-18-8/h11-13H,4-10H2,1-3H3;10-13H,3-9H2,1-2H3;9-11H,4-8H2,1-3H3;4-8H2,1-3H3;8-11H,3-7H2,1-2H3;8H,3-7H2,1-2H3. The van der Waals surface area contributed by atoms with Crippen LogP contribution in [0.3, 0.4) is 0 Å². The Bertz CT molecular complexity index is 2890. The Kier molecular flexibility index (Phi) is 38.8. The van der Waals surface area contributed by atoms with Crippen molar-refractivity contribution in [2.24, 2.45) is 33.5 Å². The van der Waals surface area contributed by atoms with E-state index in [9.17, 15) is 55.1 Å². The Morgan fingerprint density at radius 3 is 1.31 bits per heavy atom. The van der Waals surface area contributed by atoms with E-state index in [0.717, 1.165) is 136 Å². The lowest BCUT2D eigenvalue weighted by molar-refractivity contribution is -0.234. The van der Waals surface area contributed by atoms with E-state index in [1.54, 1.807) is 30.4 Å². The van der Waals surface area contributed by atoms with Gasteiger partial charge < -0.3 is 28.4 Å². The average molecular weight is 1770 g/mol. The monoisotopic (exact) mass is 1770 g/mol. The molecule has 109 heavy (non-hydrogen) atoms. The summed E-state index contributed by atoms with van der Waals surface area (Å²) in [5.74, 6) is 4.33. The number of fused-ring (bicyclic) bond motifs is 6. The first-order chi connectivity index (χ1) is 51.3. The van der Waals surface area contributed by atoms with E-state index in [2.05, 4.69) is 37.4 Å². The third-order valence-corrected chi connectivity index (χ3v) is 43.8. The smallest absolute Gasteiger partial charge is 0.404 e. The molecule has 12 fully saturated rings. The highest BCUT2D eigenvalue weighted by Crippen LogP contribution is 2.62. The molecule has 0 amide bonds. The summed E-state index contributed by atoms with van der Waals surface area (Å²) in [4.78, 5) is 70.9. The predicted octanol–water partition coefficient (Wildman–Crippen LogP) is 23.6. The average Bonchev–Trinajstić information content (AvgIpc) is 1.62. The number of hydrogen-bond donors (Lipinski definition) is 0. The molecule has 20 atom stereocenters. The second kappa shape index (κ2) is 43.7. The van der Waals surface area contributed by atoms with E-state index in [1.807, 2.05) is 126 Å². The van der Waals surface area contributed by atoms with Gasteiger partial charge in [0.25, 0.3) is 0 Å². The van der Waals surface area contributed by atoms with Gasteiger partial charge in [-0.25, -0.2) is 0 Å². The molecule has 6 aliphatic heterocycles. The highest BCUT2D eigenvalue weighted by atomic mass is 32.2. The number of carbonyl (C=O) groups excluding carboxylic acids is 6. The first kappa shape index (κ1) is 96.7. The molecule has 0 spiro atoms. The molecule has 0 N–H and O–H groups in total.